The number of benzene rings is 1. The highest BCUT2D eigenvalue weighted by Crippen LogP contribution is 2.23. The molecule has 0 spiro atoms. The third-order valence-corrected chi connectivity index (χ3v) is 3.61. The SMILES string of the molecule is CC(NC(=O)c1ccc2c(c1)CCN2)c1cccnc1. The van der Waals surface area contributed by atoms with Crippen LogP contribution in [0.2, 0.25) is 0 Å². The normalized spacial score (nSPS) is 14.2. The van der Waals surface area contributed by atoms with Crippen LogP contribution in [0.5, 0.6) is 0 Å². The van der Waals surface area contributed by atoms with Crippen molar-refractivity contribution in [2.24, 2.45) is 0 Å². The molecule has 20 heavy (non-hydrogen) atoms. The van der Waals surface area contributed by atoms with Crippen molar-refractivity contribution in [3.63, 3.8) is 0 Å². The first kappa shape index (κ1) is 12.7. The van der Waals surface area contributed by atoms with Crippen molar-refractivity contribution >= 4 is 11.6 Å². The molecule has 0 bridgehead atoms. The predicted octanol–water partition coefficient (Wildman–Crippen LogP) is 2.54. The second kappa shape index (κ2) is 5.33. The Balaban J connectivity index is 1.73. The van der Waals surface area contributed by atoms with Crippen molar-refractivity contribution in [3.05, 3.63) is 59.4 Å². The second-order valence-electron chi connectivity index (χ2n) is 5.03. The maximum Gasteiger partial charge on any atom is 0.251 e. The van der Waals surface area contributed by atoms with Crippen molar-refractivity contribution in [1.29, 1.82) is 0 Å². The van der Waals surface area contributed by atoms with Crippen LogP contribution in [0.1, 0.15) is 34.5 Å². The van der Waals surface area contributed by atoms with E-state index in [0.717, 1.165) is 24.2 Å². The summed E-state index contributed by atoms with van der Waals surface area (Å²) in [4.78, 5) is 16.3. The first-order valence-electron chi connectivity index (χ1n) is 6.81. The summed E-state index contributed by atoms with van der Waals surface area (Å²) in [5.41, 5.74) is 4.07. The highest BCUT2D eigenvalue weighted by Gasteiger charge is 2.15. The van der Waals surface area contributed by atoms with Gasteiger partial charge in [-0.15, -0.1) is 0 Å². The zero-order valence-electron chi connectivity index (χ0n) is 11.4. The van der Waals surface area contributed by atoms with Crippen LogP contribution in [0.4, 0.5) is 5.69 Å². The van der Waals surface area contributed by atoms with E-state index in [2.05, 4.69) is 15.6 Å². The highest BCUT2D eigenvalue weighted by atomic mass is 16.1. The van der Waals surface area contributed by atoms with E-state index in [1.165, 1.54) is 5.56 Å². The Labute approximate surface area is 118 Å². The maximum atomic E-state index is 12.3. The average molecular weight is 267 g/mol. The molecule has 0 fully saturated rings. The molecule has 4 heteroatoms. The van der Waals surface area contributed by atoms with Crippen LogP contribution in [0.25, 0.3) is 0 Å². The number of nitrogens with one attached hydrogen (secondary N) is 2. The van der Waals surface area contributed by atoms with Gasteiger partial charge in [0.05, 0.1) is 6.04 Å². The first-order valence-corrected chi connectivity index (χ1v) is 6.81. The topological polar surface area (TPSA) is 54.0 Å². The summed E-state index contributed by atoms with van der Waals surface area (Å²) in [7, 11) is 0. The minimum Gasteiger partial charge on any atom is -0.384 e. The van der Waals surface area contributed by atoms with Gasteiger partial charge in [-0.05, 0) is 48.7 Å². The molecule has 4 nitrogen and oxygen atoms in total. The van der Waals surface area contributed by atoms with Crippen molar-refractivity contribution in [1.82, 2.24) is 10.3 Å². The van der Waals surface area contributed by atoms with Gasteiger partial charge in [-0.1, -0.05) is 6.07 Å². The van der Waals surface area contributed by atoms with E-state index in [4.69, 9.17) is 0 Å². The lowest BCUT2D eigenvalue weighted by atomic mass is 10.1. The highest BCUT2D eigenvalue weighted by molar-refractivity contribution is 5.95. The maximum absolute atomic E-state index is 12.3. The van der Waals surface area contributed by atoms with Gasteiger partial charge in [-0.3, -0.25) is 9.78 Å². The van der Waals surface area contributed by atoms with Gasteiger partial charge >= 0.3 is 0 Å². The third kappa shape index (κ3) is 2.50. The van der Waals surface area contributed by atoms with Crippen LogP contribution in [0.15, 0.2) is 42.7 Å². The predicted molar refractivity (Wildman–Crippen MR) is 78.8 cm³/mol. The fourth-order valence-electron chi connectivity index (χ4n) is 2.44. The number of fused-ring (bicyclic) bond motifs is 1. The van der Waals surface area contributed by atoms with Gasteiger partial charge in [-0.2, -0.15) is 0 Å². The molecule has 1 amide bonds. The fourth-order valence-corrected chi connectivity index (χ4v) is 2.44. The van der Waals surface area contributed by atoms with E-state index in [1.807, 2.05) is 37.3 Å². The van der Waals surface area contributed by atoms with Gasteiger partial charge in [0.25, 0.3) is 5.91 Å². The Kier molecular flexibility index (Phi) is 3.37. The monoisotopic (exact) mass is 267 g/mol. The van der Waals surface area contributed by atoms with Gasteiger partial charge in [0.2, 0.25) is 0 Å². The third-order valence-electron chi connectivity index (χ3n) is 3.61. The first-order chi connectivity index (χ1) is 9.74. The smallest absolute Gasteiger partial charge is 0.251 e. The molecular formula is C16H17N3O. The molecule has 2 N–H and O–H groups in total. The number of hydrogen-bond donors (Lipinski definition) is 2. The number of rotatable bonds is 3. The molecule has 0 saturated carbocycles. The summed E-state index contributed by atoms with van der Waals surface area (Å²) in [6.45, 7) is 2.91. The Morgan fingerprint density at radius 1 is 1.40 bits per heavy atom. The Morgan fingerprint density at radius 2 is 2.30 bits per heavy atom. The molecule has 1 aliphatic rings. The van der Waals surface area contributed by atoms with E-state index in [-0.39, 0.29) is 11.9 Å². The molecule has 1 aliphatic heterocycles. The van der Waals surface area contributed by atoms with Gasteiger partial charge < -0.3 is 10.6 Å². The van der Waals surface area contributed by atoms with E-state index in [9.17, 15) is 4.79 Å². The average Bonchev–Trinajstić information content (AvgIpc) is 2.95. The number of pyridine rings is 1. The van der Waals surface area contributed by atoms with Crippen molar-refractivity contribution in [3.8, 4) is 0 Å². The molecule has 1 aromatic carbocycles. The molecule has 1 atom stereocenters. The van der Waals surface area contributed by atoms with Crippen LogP contribution in [0.3, 0.4) is 0 Å². The zero-order chi connectivity index (χ0) is 13.9. The number of amides is 1. The van der Waals surface area contributed by atoms with Gasteiger partial charge in [-0.25, -0.2) is 0 Å². The molecule has 0 aliphatic carbocycles. The molecule has 0 radical (unpaired) electrons. The molecule has 1 aromatic heterocycles. The Hall–Kier alpha value is -2.36. The molecular weight excluding hydrogens is 250 g/mol. The van der Waals surface area contributed by atoms with Gasteiger partial charge in [0.15, 0.2) is 0 Å². The van der Waals surface area contributed by atoms with Gasteiger partial charge in [0, 0.05) is 30.2 Å². The number of aromatic nitrogens is 1. The van der Waals surface area contributed by atoms with Crippen LogP contribution in [-0.4, -0.2) is 17.4 Å². The number of carbonyl (C=O) groups excluding carboxylic acids is 1. The Bertz CT molecular complexity index is 625. The summed E-state index contributed by atoms with van der Waals surface area (Å²) in [6.07, 6.45) is 4.48. The van der Waals surface area contributed by atoms with E-state index < -0.39 is 0 Å². The van der Waals surface area contributed by atoms with Gasteiger partial charge in [0.1, 0.15) is 0 Å². The van der Waals surface area contributed by atoms with Crippen molar-refractivity contribution in [2.45, 2.75) is 19.4 Å². The largest absolute Gasteiger partial charge is 0.384 e. The molecule has 0 saturated heterocycles. The minimum absolute atomic E-state index is 0.0453. The summed E-state index contributed by atoms with van der Waals surface area (Å²) in [6, 6.07) is 9.60. The van der Waals surface area contributed by atoms with E-state index >= 15 is 0 Å². The second-order valence-corrected chi connectivity index (χ2v) is 5.03. The summed E-state index contributed by atoms with van der Waals surface area (Å²) in [5, 5.41) is 6.30. The lowest BCUT2D eigenvalue weighted by molar-refractivity contribution is 0.0940. The molecule has 3 rings (SSSR count). The number of nitrogens with zero attached hydrogens (tertiary/aromatic N) is 1. The van der Waals surface area contributed by atoms with E-state index in [1.54, 1.807) is 12.4 Å². The molecule has 2 heterocycles. The number of hydrogen-bond acceptors (Lipinski definition) is 3. The summed E-state index contributed by atoms with van der Waals surface area (Å²) in [5.74, 6) is -0.0453. The number of carbonyl (C=O) groups is 1. The van der Waals surface area contributed by atoms with E-state index in [0.29, 0.717) is 5.56 Å². The fraction of sp³-hybridized carbons (Fsp3) is 0.250. The van der Waals surface area contributed by atoms with Crippen LogP contribution >= 0.6 is 0 Å². The number of anilines is 1. The molecule has 102 valence electrons. The zero-order valence-corrected chi connectivity index (χ0v) is 11.4. The van der Waals surface area contributed by atoms with Crippen molar-refractivity contribution in [2.75, 3.05) is 11.9 Å². The standard InChI is InChI=1S/C16H17N3O/c1-11(14-3-2-7-17-10-14)19-16(20)13-4-5-15-12(9-13)6-8-18-15/h2-5,7,9-11,18H,6,8H2,1H3,(H,19,20). The quantitative estimate of drug-likeness (QED) is 0.898. The van der Waals surface area contributed by atoms with Crippen molar-refractivity contribution < 1.29 is 4.79 Å². The Morgan fingerprint density at radius 3 is 3.10 bits per heavy atom. The van der Waals surface area contributed by atoms with Crippen LogP contribution < -0.4 is 10.6 Å². The molecule has 2 aromatic rings. The summed E-state index contributed by atoms with van der Waals surface area (Å²) < 4.78 is 0. The molecule has 1 unspecified atom stereocenters. The lowest BCUT2D eigenvalue weighted by Crippen LogP contribution is -2.26. The van der Waals surface area contributed by atoms with Crippen LogP contribution in [0, 0.1) is 0 Å². The summed E-state index contributed by atoms with van der Waals surface area (Å²) >= 11 is 0. The van der Waals surface area contributed by atoms with Crippen LogP contribution in [-0.2, 0) is 6.42 Å². The lowest BCUT2D eigenvalue weighted by Gasteiger charge is -2.14. The minimum atomic E-state index is -0.0532.